The highest BCUT2D eigenvalue weighted by molar-refractivity contribution is 7.18. The summed E-state index contributed by atoms with van der Waals surface area (Å²) in [5.74, 6) is -0.210. The molecule has 0 N–H and O–H groups in total. The maximum Gasteiger partial charge on any atom is 0.140 e. The number of rotatable bonds is 2. The van der Waals surface area contributed by atoms with Gasteiger partial charge in [0.15, 0.2) is 0 Å². The molecule has 22 heavy (non-hydrogen) atoms. The number of aryl methyl sites for hydroxylation is 1. The van der Waals surface area contributed by atoms with Crippen molar-refractivity contribution in [3.8, 4) is 21.0 Å². The van der Waals surface area contributed by atoms with Gasteiger partial charge >= 0.3 is 0 Å². The number of benzene rings is 1. The first-order chi connectivity index (χ1) is 10.7. The van der Waals surface area contributed by atoms with Gasteiger partial charge in [-0.25, -0.2) is 9.37 Å². The fraction of sp³-hybridized carbons (Fsp3) is 0.0556. The van der Waals surface area contributed by atoms with Crippen LogP contribution in [0.4, 0.5) is 4.39 Å². The van der Waals surface area contributed by atoms with E-state index in [0.717, 1.165) is 32.2 Å². The van der Waals surface area contributed by atoms with Crippen LogP contribution < -0.4 is 0 Å². The quantitative estimate of drug-likeness (QED) is 0.499. The van der Waals surface area contributed by atoms with Gasteiger partial charge in [0.25, 0.3) is 0 Å². The highest BCUT2D eigenvalue weighted by Gasteiger charge is 2.10. The molecule has 0 saturated carbocycles. The number of thiophene rings is 1. The lowest BCUT2D eigenvalue weighted by Crippen LogP contribution is -1.88. The second kappa shape index (κ2) is 5.07. The molecule has 0 amide bonds. The first-order valence-electron chi connectivity index (χ1n) is 7.01. The highest BCUT2D eigenvalue weighted by atomic mass is 32.1. The molecule has 0 spiro atoms. The molecule has 4 rings (SSSR count). The van der Waals surface area contributed by atoms with Crippen molar-refractivity contribution < 1.29 is 4.39 Å². The Morgan fingerprint density at radius 3 is 2.59 bits per heavy atom. The van der Waals surface area contributed by atoms with Crippen molar-refractivity contribution in [2.24, 2.45) is 0 Å². The number of imidazole rings is 1. The topological polar surface area (TPSA) is 17.3 Å². The van der Waals surface area contributed by atoms with Gasteiger partial charge in [-0.15, -0.1) is 11.3 Å². The summed E-state index contributed by atoms with van der Waals surface area (Å²) in [4.78, 5) is 6.78. The summed E-state index contributed by atoms with van der Waals surface area (Å²) < 4.78 is 15.1. The molecule has 1 aromatic carbocycles. The molecule has 0 radical (unpaired) electrons. The third kappa shape index (κ3) is 2.12. The smallest absolute Gasteiger partial charge is 0.140 e. The molecule has 4 heteroatoms. The van der Waals surface area contributed by atoms with Crippen molar-refractivity contribution in [3.05, 3.63) is 72.3 Å². The first kappa shape index (κ1) is 13.2. The van der Waals surface area contributed by atoms with E-state index >= 15 is 0 Å². The lowest BCUT2D eigenvalue weighted by molar-refractivity contribution is 0.628. The van der Waals surface area contributed by atoms with Crippen molar-refractivity contribution in [3.63, 3.8) is 0 Å². The maximum absolute atomic E-state index is 13.0. The minimum Gasteiger partial charge on any atom is -0.299 e. The molecule has 0 aliphatic heterocycles. The number of hydrogen-bond acceptors (Lipinski definition) is 2. The molecule has 0 atom stereocenters. The van der Waals surface area contributed by atoms with E-state index in [2.05, 4.69) is 34.5 Å². The van der Waals surface area contributed by atoms with E-state index in [1.54, 1.807) is 11.3 Å². The van der Waals surface area contributed by atoms with Crippen LogP contribution >= 0.6 is 11.3 Å². The van der Waals surface area contributed by atoms with Gasteiger partial charge in [0.2, 0.25) is 0 Å². The Morgan fingerprint density at radius 2 is 1.77 bits per heavy atom. The summed E-state index contributed by atoms with van der Waals surface area (Å²) in [6.45, 7) is 2.06. The molecule has 0 fully saturated rings. The zero-order valence-electron chi connectivity index (χ0n) is 12.0. The van der Waals surface area contributed by atoms with Crippen LogP contribution in [-0.2, 0) is 0 Å². The number of nitrogens with zero attached hydrogens (tertiary/aromatic N) is 2. The average molecular weight is 308 g/mol. The summed E-state index contributed by atoms with van der Waals surface area (Å²) in [6.07, 6.45) is 3.94. The Bertz CT molecular complexity index is 951. The van der Waals surface area contributed by atoms with Crippen LogP contribution in [0.2, 0.25) is 0 Å². The molecule has 108 valence electrons. The van der Waals surface area contributed by atoms with Crippen molar-refractivity contribution in [1.82, 2.24) is 9.38 Å². The van der Waals surface area contributed by atoms with E-state index in [-0.39, 0.29) is 5.82 Å². The van der Waals surface area contributed by atoms with Crippen LogP contribution in [0.15, 0.2) is 60.9 Å². The van der Waals surface area contributed by atoms with E-state index in [9.17, 15) is 4.39 Å². The second-order valence-electron chi connectivity index (χ2n) is 5.20. The lowest BCUT2D eigenvalue weighted by atomic mass is 10.2. The Kier molecular flexibility index (Phi) is 3.05. The molecule has 3 heterocycles. The van der Waals surface area contributed by atoms with Gasteiger partial charge < -0.3 is 0 Å². The van der Waals surface area contributed by atoms with Crippen molar-refractivity contribution in [2.45, 2.75) is 6.92 Å². The molecule has 4 aromatic rings. The fourth-order valence-corrected chi connectivity index (χ4v) is 3.60. The number of pyridine rings is 1. The molecule has 2 nitrogen and oxygen atoms in total. The number of fused-ring (bicyclic) bond motifs is 1. The third-order valence-electron chi connectivity index (χ3n) is 3.72. The average Bonchev–Trinajstić information content (AvgIpc) is 3.15. The zero-order chi connectivity index (χ0) is 15.1. The van der Waals surface area contributed by atoms with E-state index in [0.29, 0.717) is 0 Å². The zero-order valence-corrected chi connectivity index (χ0v) is 12.8. The van der Waals surface area contributed by atoms with Crippen LogP contribution in [0.25, 0.3) is 26.7 Å². The van der Waals surface area contributed by atoms with Crippen molar-refractivity contribution in [1.29, 1.82) is 0 Å². The first-order valence-corrected chi connectivity index (χ1v) is 7.83. The van der Waals surface area contributed by atoms with Crippen LogP contribution in [0.1, 0.15) is 5.56 Å². The predicted molar refractivity (Wildman–Crippen MR) is 88.6 cm³/mol. The summed E-state index contributed by atoms with van der Waals surface area (Å²) >= 11 is 1.69. The molecule has 0 unspecified atom stereocenters. The highest BCUT2D eigenvalue weighted by Crippen LogP contribution is 2.34. The summed E-state index contributed by atoms with van der Waals surface area (Å²) in [7, 11) is 0. The summed E-state index contributed by atoms with van der Waals surface area (Å²) in [5.41, 5.74) is 4.25. The Morgan fingerprint density at radius 1 is 1.00 bits per heavy atom. The lowest BCUT2D eigenvalue weighted by Gasteiger charge is -2.00. The maximum atomic E-state index is 13.0. The molecule has 3 aromatic heterocycles. The molecule has 0 bridgehead atoms. The number of aromatic nitrogens is 2. The minimum absolute atomic E-state index is 0.210. The van der Waals surface area contributed by atoms with Crippen LogP contribution in [0, 0.1) is 12.7 Å². The van der Waals surface area contributed by atoms with Gasteiger partial charge in [0.05, 0.1) is 16.8 Å². The SMILES string of the molecule is Cc1cccn2c(-c3ccc(-c4ccc(F)cc4)s3)cnc12. The molecular weight excluding hydrogens is 295 g/mol. The summed E-state index contributed by atoms with van der Waals surface area (Å²) in [6, 6.07) is 14.9. The van der Waals surface area contributed by atoms with Crippen LogP contribution in [-0.4, -0.2) is 9.38 Å². The van der Waals surface area contributed by atoms with Crippen LogP contribution in [0.3, 0.4) is 0 Å². The summed E-state index contributed by atoms with van der Waals surface area (Å²) in [5, 5.41) is 0. The Balaban J connectivity index is 1.80. The Hall–Kier alpha value is -2.46. The van der Waals surface area contributed by atoms with Gasteiger partial charge in [0.1, 0.15) is 11.5 Å². The van der Waals surface area contributed by atoms with Crippen LogP contribution in [0.5, 0.6) is 0 Å². The minimum atomic E-state index is -0.210. The largest absolute Gasteiger partial charge is 0.299 e. The predicted octanol–water partition coefficient (Wildman–Crippen LogP) is 5.18. The molecular formula is C18H13FN2S. The standard InChI is InChI=1S/C18H13FN2S/c1-12-3-2-10-21-15(11-20-18(12)21)17-9-8-16(22-17)13-4-6-14(19)7-5-13/h2-11H,1H3. The van der Waals surface area contributed by atoms with Gasteiger partial charge in [-0.1, -0.05) is 18.2 Å². The third-order valence-corrected chi connectivity index (χ3v) is 4.87. The van der Waals surface area contributed by atoms with Gasteiger partial charge in [0, 0.05) is 11.1 Å². The normalized spacial score (nSPS) is 11.2. The van der Waals surface area contributed by atoms with Crippen molar-refractivity contribution >= 4 is 17.0 Å². The van der Waals surface area contributed by atoms with Gasteiger partial charge in [-0.05, 0) is 48.4 Å². The second-order valence-corrected chi connectivity index (χ2v) is 6.28. The van der Waals surface area contributed by atoms with E-state index in [1.807, 2.05) is 30.6 Å². The molecule has 0 saturated heterocycles. The van der Waals surface area contributed by atoms with E-state index < -0.39 is 0 Å². The Labute approximate surface area is 131 Å². The fourth-order valence-electron chi connectivity index (χ4n) is 2.58. The van der Waals surface area contributed by atoms with Crippen molar-refractivity contribution in [2.75, 3.05) is 0 Å². The van der Waals surface area contributed by atoms with E-state index in [1.165, 1.54) is 12.1 Å². The van der Waals surface area contributed by atoms with Gasteiger partial charge in [-0.3, -0.25) is 4.40 Å². The number of hydrogen-bond donors (Lipinski definition) is 0. The number of halogens is 1. The monoisotopic (exact) mass is 308 g/mol. The molecule has 0 aliphatic rings. The molecule has 0 aliphatic carbocycles. The van der Waals surface area contributed by atoms with Gasteiger partial charge in [-0.2, -0.15) is 0 Å². The van der Waals surface area contributed by atoms with E-state index in [4.69, 9.17) is 0 Å².